The fourth-order valence-electron chi connectivity index (χ4n) is 2.54. The largest absolute Gasteiger partial charge is 0.497 e. The summed E-state index contributed by atoms with van der Waals surface area (Å²) in [6, 6.07) is 12.2. The van der Waals surface area contributed by atoms with Crippen molar-refractivity contribution in [3.05, 3.63) is 48.0 Å². The van der Waals surface area contributed by atoms with E-state index >= 15 is 0 Å². The van der Waals surface area contributed by atoms with Crippen LogP contribution in [0.3, 0.4) is 0 Å². The van der Waals surface area contributed by atoms with Gasteiger partial charge in [-0.15, -0.1) is 0 Å². The molecule has 1 atom stereocenters. The average molecular weight is 428 g/mol. The van der Waals surface area contributed by atoms with Crippen LogP contribution in [0.4, 0.5) is 5.69 Å². The minimum atomic E-state index is -0.931. The topological polar surface area (TPSA) is 98.2 Å². The number of hydrazone groups is 1. The van der Waals surface area contributed by atoms with Crippen molar-refractivity contribution in [3.63, 3.8) is 0 Å². The number of hydrogen-bond donors (Lipinski definition) is 2. The third-order valence-corrected chi connectivity index (χ3v) is 4.16. The second kappa shape index (κ2) is 11.6. The van der Waals surface area contributed by atoms with Crippen LogP contribution in [0.25, 0.3) is 0 Å². The van der Waals surface area contributed by atoms with Gasteiger partial charge in [0.05, 0.1) is 26.0 Å². The number of carbonyl (C=O) groups is 2. The van der Waals surface area contributed by atoms with Crippen molar-refractivity contribution in [3.8, 4) is 17.2 Å². The summed E-state index contributed by atoms with van der Waals surface area (Å²) in [7, 11) is 1.56. The molecule has 8 nitrogen and oxygen atoms in total. The van der Waals surface area contributed by atoms with Crippen LogP contribution in [0.5, 0.6) is 17.2 Å². The predicted octanol–water partition coefficient (Wildman–Crippen LogP) is 3.61. The number of anilines is 1. The lowest BCUT2D eigenvalue weighted by atomic mass is 10.1. The van der Waals surface area contributed by atoms with Crippen LogP contribution in [0.1, 0.15) is 33.3 Å². The van der Waals surface area contributed by atoms with Crippen LogP contribution in [-0.4, -0.2) is 37.8 Å². The number of hydrogen-bond acceptors (Lipinski definition) is 6. The van der Waals surface area contributed by atoms with Crippen molar-refractivity contribution in [2.24, 2.45) is 11.0 Å². The van der Waals surface area contributed by atoms with Gasteiger partial charge in [0.2, 0.25) is 5.91 Å². The van der Waals surface area contributed by atoms with Crippen LogP contribution in [-0.2, 0) is 9.59 Å². The first-order chi connectivity index (χ1) is 14.8. The predicted molar refractivity (Wildman–Crippen MR) is 120 cm³/mol. The molecule has 166 valence electrons. The quantitative estimate of drug-likeness (QED) is 0.343. The van der Waals surface area contributed by atoms with Crippen LogP contribution in [0.2, 0.25) is 0 Å². The highest BCUT2D eigenvalue weighted by atomic mass is 16.5. The van der Waals surface area contributed by atoms with Crippen LogP contribution >= 0.6 is 0 Å². The van der Waals surface area contributed by atoms with Crippen molar-refractivity contribution in [1.82, 2.24) is 5.43 Å². The zero-order chi connectivity index (χ0) is 22.8. The van der Waals surface area contributed by atoms with E-state index in [0.29, 0.717) is 29.5 Å². The Balaban J connectivity index is 1.95. The van der Waals surface area contributed by atoms with E-state index in [-0.39, 0.29) is 6.10 Å². The maximum atomic E-state index is 12.3. The van der Waals surface area contributed by atoms with E-state index in [1.165, 1.54) is 13.1 Å². The van der Waals surface area contributed by atoms with Gasteiger partial charge in [0.25, 0.3) is 5.91 Å². The first-order valence-electron chi connectivity index (χ1n) is 10.0. The zero-order valence-corrected chi connectivity index (χ0v) is 18.5. The van der Waals surface area contributed by atoms with Crippen LogP contribution in [0.15, 0.2) is 47.6 Å². The van der Waals surface area contributed by atoms with E-state index in [0.717, 1.165) is 5.56 Å². The molecule has 0 aliphatic heterocycles. The number of amides is 2. The molecule has 0 saturated carbocycles. The normalized spacial score (nSPS) is 11.8. The van der Waals surface area contributed by atoms with Gasteiger partial charge in [0, 0.05) is 5.69 Å². The van der Waals surface area contributed by atoms with E-state index in [4.69, 9.17) is 14.2 Å². The molecule has 2 N–H and O–H groups in total. The Bertz CT molecular complexity index is 910. The fourth-order valence-corrected chi connectivity index (χ4v) is 2.54. The number of rotatable bonds is 10. The Morgan fingerprint density at radius 1 is 1.03 bits per heavy atom. The maximum absolute atomic E-state index is 12.3. The summed E-state index contributed by atoms with van der Waals surface area (Å²) in [5, 5.41) is 6.64. The lowest BCUT2D eigenvalue weighted by Crippen LogP contribution is -2.34. The number of methoxy groups -OCH3 is 1. The third kappa shape index (κ3) is 7.33. The standard InChI is InChI=1S/C23H29N3O5/c1-6-30-21-13-17(7-12-20(21)31-15(2)3)14-24-26-23(28)16(4)22(27)25-18-8-10-19(29-5)11-9-18/h7-16H,6H2,1-5H3,(H,25,27)(H,26,28). The zero-order valence-electron chi connectivity index (χ0n) is 18.5. The molecule has 2 aromatic carbocycles. The van der Waals surface area contributed by atoms with E-state index in [1.54, 1.807) is 49.6 Å². The first kappa shape index (κ1) is 23.7. The number of carbonyl (C=O) groups excluding carboxylic acids is 2. The molecule has 0 aliphatic carbocycles. The molecule has 1 unspecified atom stereocenters. The molecule has 0 heterocycles. The second-order valence-corrected chi connectivity index (χ2v) is 6.98. The van der Waals surface area contributed by atoms with Crippen molar-refractivity contribution in [2.75, 3.05) is 19.0 Å². The molecule has 0 aromatic heterocycles. The monoisotopic (exact) mass is 427 g/mol. The van der Waals surface area contributed by atoms with Gasteiger partial charge in [-0.3, -0.25) is 9.59 Å². The second-order valence-electron chi connectivity index (χ2n) is 6.98. The lowest BCUT2D eigenvalue weighted by Gasteiger charge is -2.14. The molecule has 0 spiro atoms. The summed E-state index contributed by atoms with van der Waals surface area (Å²) in [5.74, 6) is 0.0220. The number of nitrogens with one attached hydrogen (secondary N) is 2. The molecular formula is C23H29N3O5. The number of benzene rings is 2. The molecule has 2 aromatic rings. The van der Waals surface area contributed by atoms with Crippen molar-refractivity contribution < 1.29 is 23.8 Å². The smallest absolute Gasteiger partial charge is 0.252 e. The van der Waals surface area contributed by atoms with Gasteiger partial charge >= 0.3 is 0 Å². The van der Waals surface area contributed by atoms with Crippen molar-refractivity contribution in [2.45, 2.75) is 33.8 Å². The van der Waals surface area contributed by atoms with Gasteiger partial charge < -0.3 is 19.5 Å². The summed E-state index contributed by atoms with van der Waals surface area (Å²) in [5.41, 5.74) is 3.68. The summed E-state index contributed by atoms with van der Waals surface area (Å²) < 4.78 is 16.4. The summed E-state index contributed by atoms with van der Waals surface area (Å²) in [4.78, 5) is 24.6. The molecule has 31 heavy (non-hydrogen) atoms. The van der Waals surface area contributed by atoms with E-state index in [2.05, 4.69) is 15.8 Å². The maximum Gasteiger partial charge on any atom is 0.252 e. The fraction of sp³-hybridized carbons (Fsp3) is 0.348. The van der Waals surface area contributed by atoms with Gasteiger partial charge in [0.1, 0.15) is 11.7 Å². The van der Waals surface area contributed by atoms with E-state index < -0.39 is 17.7 Å². The van der Waals surface area contributed by atoms with Gasteiger partial charge in [-0.05, 0) is 75.7 Å². The third-order valence-electron chi connectivity index (χ3n) is 4.16. The Hall–Kier alpha value is -3.55. The van der Waals surface area contributed by atoms with E-state index in [1.807, 2.05) is 20.8 Å². The minimum Gasteiger partial charge on any atom is -0.497 e. The Labute approximate surface area is 182 Å². The van der Waals surface area contributed by atoms with Gasteiger partial charge in [-0.1, -0.05) is 0 Å². The molecule has 0 radical (unpaired) electrons. The Kier molecular flexibility index (Phi) is 8.87. The Morgan fingerprint density at radius 3 is 2.35 bits per heavy atom. The minimum absolute atomic E-state index is 0.0172. The van der Waals surface area contributed by atoms with Gasteiger partial charge in [0.15, 0.2) is 11.5 Å². The summed E-state index contributed by atoms with van der Waals surface area (Å²) in [6.07, 6.45) is 1.50. The summed E-state index contributed by atoms with van der Waals surface area (Å²) in [6.45, 7) is 7.76. The average Bonchev–Trinajstić information content (AvgIpc) is 2.75. The highest BCUT2D eigenvalue weighted by Gasteiger charge is 2.21. The van der Waals surface area contributed by atoms with Crippen molar-refractivity contribution in [1.29, 1.82) is 0 Å². The number of ether oxygens (including phenoxy) is 3. The molecular weight excluding hydrogens is 398 g/mol. The molecule has 0 bridgehead atoms. The molecule has 2 amide bonds. The Morgan fingerprint density at radius 2 is 1.74 bits per heavy atom. The molecule has 0 aliphatic rings. The molecule has 2 rings (SSSR count). The number of nitrogens with zero attached hydrogens (tertiary/aromatic N) is 1. The summed E-state index contributed by atoms with van der Waals surface area (Å²) >= 11 is 0. The SMILES string of the molecule is CCOc1cc(C=NNC(=O)C(C)C(=O)Nc2ccc(OC)cc2)ccc1OC(C)C. The molecule has 0 saturated heterocycles. The van der Waals surface area contributed by atoms with Crippen LogP contribution < -0.4 is 25.0 Å². The van der Waals surface area contributed by atoms with E-state index in [9.17, 15) is 9.59 Å². The van der Waals surface area contributed by atoms with Gasteiger partial charge in [-0.25, -0.2) is 5.43 Å². The molecule has 0 fully saturated rings. The van der Waals surface area contributed by atoms with Gasteiger partial charge in [-0.2, -0.15) is 5.10 Å². The van der Waals surface area contributed by atoms with Crippen molar-refractivity contribution >= 4 is 23.7 Å². The first-order valence-corrected chi connectivity index (χ1v) is 10.0. The highest BCUT2D eigenvalue weighted by Crippen LogP contribution is 2.29. The lowest BCUT2D eigenvalue weighted by molar-refractivity contribution is -0.131. The molecule has 8 heteroatoms. The van der Waals surface area contributed by atoms with Crippen LogP contribution in [0, 0.1) is 5.92 Å². The highest BCUT2D eigenvalue weighted by molar-refractivity contribution is 6.06.